The smallest absolute Gasteiger partial charge is 0.254 e. The maximum absolute atomic E-state index is 13.9. The molecule has 6 fully saturated rings. The van der Waals surface area contributed by atoms with Crippen molar-refractivity contribution in [1.29, 1.82) is 0 Å². The first kappa shape index (κ1) is 25.1. The summed E-state index contributed by atoms with van der Waals surface area (Å²) >= 11 is 0. The molecule has 1 aromatic heterocycles. The normalized spacial score (nSPS) is 40.3. The average Bonchev–Trinajstić information content (AvgIpc) is 3.69. The number of carbonyl (C=O) groups is 2. The summed E-state index contributed by atoms with van der Waals surface area (Å²) < 4.78 is 29.7. The Kier molecular flexibility index (Phi) is 5.30. The molecular formula is C31H35F2N3O4. The van der Waals surface area contributed by atoms with Crippen molar-refractivity contribution in [3.05, 3.63) is 46.8 Å². The quantitative estimate of drug-likeness (QED) is 0.558. The summed E-state index contributed by atoms with van der Waals surface area (Å²) in [4.78, 5) is 43.3. The highest BCUT2D eigenvalue weighted by molar-refractivity contribution is 6.06. The number of piperidine rings is 1. The molecule has 7 nitrogen and oxygen atoms in total. The van der Waals surface area contributed by atoms with Gasteiger partial charge in [0.2, 0.25) is 11.8 Å². The first-order chi connectivity index (χ1) is 19.2. The molecule has 4 saturated carbocycles. The molecule has 1 N–H and O–H groups in total. The number of halogens is 2. The monoisotopic (exact) mass is 551 g/mol. The van der Waals surface area contributed by atoms with Crippen molar-refractivity contribution in [3.8, 4) is 0 Å². The second-order valence-corrected chi connectivity index (χ2v) is 13.5. The van der Waals surface area contributed by atoms with Gasteiger partial charge in [-0.05, 0) is 67.4 Å². The lowest BCUT2D eigenvalue weighted by atomic mass is 9.70. The second-order valence-electron chi connectivity index (χ2n) is 13.5. The maximum Gasteiger partial charge on any atom is 0.254 e. The Balaban J connectivity index is 0.877. The Bertz CT molecular complexity index is 1470. The molecular weight excluding hydrogens is 516 g/mol. The number of imide groups is 1. The summed E-state index contributed by atoms with van der Waals surface area (Å²) in [6, 6.07) is 11.7. The second kappa shape index (κ2) is 8.44. The van der Waals surface area contributed by atoms with Gasteiger partial charge in [0.1, 0.15) is 0 Å². The number of likely N-dealkylation sites (tertiary alicyclic amines) is 2. The number of aromatic nitrogens is 1. The molecule has 8 rings (SSSR count). The molecule has 8 atom stereocenters. The summed E-state index contributed by atoms with van der Waals surface area (Å²) in [5, 5.41) is 12.3. The third kappa shape index (κ3) is 3.62. The molecule has 40 heavy (non-hydrogen) atoms. The lowest BCUT2D eigenvalue weighted by molar-refractivity contribution is -0.142. The van der Waals surface area contributed by atoms with Crippen LogP contribution < -0.4 is 5.56 Å². The van der Waals surface area contributed by atoms with E-state index in [4.69, 9.17) is 0 Å². The van der Waals surface area contributed by atoms with Crippen LogP contribution >= 0.6 is 0 Å². The molecule has 6 aliphatic rings. The van der Waals surface area contributed by atoms with Gasteiger partial charge in [0.15, 0.2) is 0 Å². The highest BCUT2D eigenvalue weighted by Crippen LogP contribution is 2.69. The molecule has 2 aromatic rings. The van der Waals surface area contributed by atoms with Gasteiger partial charge in [-0.1, -0.05) is 18.2 Å². The van der Waals surface area contributed by atoms with Gasteiger partial charge in [0.25, 0.3) is 11.5 Å². The van der Waals surface area contributed by atoms with E-state index in [0.29, 0.717) is 18.9 Å². The van der Waals surface area contributed by atoms with E-state index in [0.717, 1.165) is 49.8 Å². The number of rotatable bonds is 6. The fraction of sp³-hybridized carbons (Fsp3) is 0.645. The molecule has 2 aliphatic heterocycles. The van der Waals surface area contributed by atoms with Crippen molar-refractivity contribution < 1.29 is 23.5 Å². The fourth-order valence-corrected chi connectivity index (χ4v) is 9.21. The largest absolute Gasteiger partial charge is 0.389 e. The number of carbonyl (C=O) groups excluding carboxylic acids is 2. The number of benzene rings is 1. The zero-order valence-electron chi connectivity index (χ0n) is 22.4. The fourth-order valence-electron chi connectivity index (χ4n) is 9.21. The molecule has 2 bridgehead atoms. The Morgan fingerprint density at radius 3 is 2.33 bits per heavy atom. The van der Waals surface area contributed by atoms with E-state index in [2.05, 4.69) is 4.90 Å². The minimum absolute atomic E-state index is 0.0434. The van der Waals surface area contributed by atoms with Crippen LogP contribution in [-0.4, -0.2) is 69.0 Å². The van der Waals surface area contributed by atoms with Gasteiger partial charge < -0.3 is 14.6 Å². The number of alkyl halides is 2. The van der Waals surface area contributed by atoms with Gasteiger partial charge in [-0.2, -0.15) is 0 Å². The Morgan fingerprint density at radius 1 is 0.875 bits per heavy atom. The number of aliphatic hydroxyl groups is 1. The number of pyridine rings is 1. The Hall–Kier alpha value is -2.65. The van der Waals surface area contributed by atoms with Crippen LogP contribution in [0.1, 0.15) is 44.6 Å². The minimum atomic E-state index is -2.85. The molecule has 0 radical (unpaired) electrons. The van der Waals surface area contributed by atoms with Crippen LogP contribution in [0.4, 0.5) is 8.78 Å². The van der Waals surface area contributed by atoms with Crippen molar-refractivity contribution in [2.45, 2.75) is 56.1 Å². The number of hydrogen-bond donors (Lipinski definition) is 1. The van der Waals surface area contributed by atoms with E-state index in [1.54, 1.807) is 6.07 Å². The van der Waals surface area contributed by atoms with Gasteiger partial charge in [-0.15, -0.1) is 0 Å². The molecule has 9 heteroatoms. The van der Waals surface area contributed by atoms with Crippen LogP contribution in [0.5, 0.6) is 0 Å². The van der Waals surface area contributed by atoms with Gasteiger partial charge in [-0.3, -0.25) is 19.3 Å². The van der Waals surface area contributed by atoms with Crippen molar-refractivity contribution in [2.24, 2.45) is 41.4 Å². The number of para-hydroxylation sites is 1. The molecule has 3 heterocycles. The van der Waals surface area contributed by atoms with Crippen molar-refractivity contribution in [1.82, 2.24) is 14.4 Å². The highest BCUT2D eigenvalue weighted by Gasteiger charge is 2.76. The van der Waals surface area contributed by atoms with E-state index in [1.165, 1.54) is 4.90 Å². The summed E-state index contributed by atoms with van der Waals surface area (Å²) in [5.74, 6) is -5.33. The van der Waals surface area contributed by atoms with Gasteiger partial charge in [0.05, 0.1) is 28.9 Å². The van der Waals surface area contributed by atoms with Crippen molar-refractivity contribution in [2.75, 3.05) is 26.2 Å². The first-order valence-electron chi connectivity index (χ1n) is 14.9. The van der Waals surface area contributed by atoms with E-state index < -0.39 is 35.2 Å². The number of hydrogen-bond acceptors (Lipinski definition) is 5. The predicted octanol–water partition coefficient (Wildman–Crippen LogP) is 3.30. The molecule has 212 valence electrons. The van der Waals surface area contributed by atoms with Crippen molar-refractivity contribution in [3.63, 3.8) is 0 Å². The van der Waals surface area contributed by atoms with E-state index in [1.807, 2.05) is 34.9 Å². The van der Waals surface area contributed by atoms with Gasteiger partial charge in [0, 0.05) is 50.6 Å². The topological polar surface area (TPSA) is 82.9 Å². The van der Waals surface area contributed by atoms with E-state index in [-0.39, 0.29) is 48.1 Å². The zero-order chi connectivity index (χ0) is 27.6. The maximum atomic E-state index is 13.9. The molecule has 6 unspecified atom stereocenters. The highest BCUT2D eigenvalue weighted by atomic mass is 19.3. The third-order valence-corrected chi connectivity index (χ3v) is 11.4. The van der Waals surface area contributed by atoms with Crippen LogP contribution in [0, 0.1) is 41.4 Å². The average molecular weight is 552 g/mol. The lowest BCUT2D eigenvalue weighted by Gasteiger charge is -2.37. The summed E-state index contributed by atoms with van der Waals surface area (Å²) in [6.45, 7) is 3.15. The van der Waals surface area contributed by atoms with E-state index in [9.17, 15) is 28.3 Å². The van der Waals surface area contributed by atoms with Crippen LogP contribution in [0.25, 0.3) is 10.9 Å². The predicted molar refractivity (Wildman–Crippen MR) is 142 cm³/mol. The zero-order valence-corrected chi connectivity index (χ0v) is 22.4. The number of nitrogens with zero attached hydrogens (tertiary/aromatic N) is 3. The lowest BCUT2D eigenvalue weighted by Crippen LogP contribution is -2.47. The Morgan fingerprint density at radius 2 is 1.57 bits per heavy atom. The third-order valence-electron chi connectivity index (χ3n) is 11.4. The summed E-state index contributed by atoms with van der Waals surface area (Å²) in [7, 11) is 0. The van der Waals surface area contributed by atoms with Crippen molar-refractivity contribution >= 4 is 22.7 Å². The molecule has 4 aliphatic carbocycles. The summed E-state index contributed by atoms with van der Waals surface area (Å²) in [6.07, 6.45) is 3.21. The SMILES string of the molecule is O=C1C2C3CC(C2C(=O)N1C[C@H]1C[C@@H]1CN1CCC(n2c(=O)ccc4ccccc42)CC1)C(O)(C1CC1(F)F)C3. The number of amides is 2. The molecule has 0 spiro atoms. The molecule has 2 saturated heterocycles. The molecule has 2 amide bonds. The summed E-state index contributed by atoms with van der Waals surface area (Å²) in [5.41, 5.74) is -0.479. The van der Waals surface area contributed by atoms with Crippen LogP contribution in [0.15, 0.2) is 41.2 Å². The number of fused-ring (bicyclic) bond motifs is 6. The van der Waals surface area contributed by atoms with Crippen LogP contribution in [-0.2, 0) is 9.59 Å². The van der Waals surface area contributed by atoms with Gasteiger partial charge >= 0.3 is 0 Å². The first-order valence-corrected chi connectivity index (χ1v) is 14.9. The molecule has 1 aromatic carbocycles. The van der Waals surface area contributed by atoms with Crippen LogP contribution in [0.2, 0.25) is 0 Å². The minimum Gasteiger partial charge on any atom is -0.389 e. The van der Waals surface area contributed by atoms with Gasteiger partial charge in [-0.25, -0.2) is 8.78 Å². The van der Waals surface area contributed by atoms with Crippen LogP contribution in [0.3, 0.4) is 0 Å². The standard InChI is InChI=1S/C31H35F2N3O4/c32-31(33)14-24(31)30(40)13-18-12-22(30)27-26(18)28(38)35(29(27)39)16-20-11-19(20)15-34-9-7-21(8-10-34)36-23-4-2-1-3-17(23)5-6-25(36)37/h1-6,18-22,24,26-27,40H,7-16H2/t18?,19-,20-,22?,24?,26?,27?,30?/m1/s1. The van der Waals surface area contributed by atoms with E-state index >= 15 is 0 Å². The Labute approximate surface area is 231 Å².